The molecule has 0 unspecified atom stereocenters. The summed E-state index contributed by atoms with van der Waals surface area (Å²) in [4.78, 5) is 40.4. The Morgan fingerprint density at radius 1 is 1.03 bits per heavy atom. The second kappa shape index (κ2) is 10.5. The van der Waals surface area contributed by atoms with Gasteiger partial charge in [-0.05, 0) is 48.9 Å². The predicted molar refractivity (Wildman–Crippen MR) is 111 cm³/mol. The average Bonchev–Trinajstić information content (AvgIpc) is 2.77. The summed E-state index contributed by atoms with van der Waals surface area (Å²) < 4.78 is 38.4. The van der Waals surface area contributed by atoms with E-state index in [9.17, 15) is 32.7 Å². The number of hydrogen-bond donors (Lipinski definition) is 1. The number of carboxylic acid groups (broad SMARTS) is 1. The molecule has 0 aliphatic carbocycles. The monoisotopic (exact) mass is 469 g/mol. The van der Waals surface area contributed by atoms with Crippen LogP contribution in [-0.2, 0) is 15.8 Å². The zero-order valence-electron chi connectivity index (χ0n) is 18.7. The van der Waals surface area contributed by atoms with Crippen LogP contribution in [-0.4, -0.2) is 73.4 Å². The van der Waals surface area contributed by atoms with Gasteiger partial charge in [-0.15, -0.1) is 0 Å². The molecular formula is C23H30F3N3O4. The standard InChI is InChI=1S/C23H30F3N3O4/c1-16(30)28-12-10-27(11-13-28)8-6-19-15-29(9-7-18(19)14-21(31)32)22(33)17-2-4-20(5-3-17)23(24,25)26/h2-5,18-19H,6-15H2,1H3,(H,31,32)/t18-,19-/m0/s1. The molecule has 10 heteroatoms. The number of nitrogens with one attached hydrogen (secondary N) is 1. The summed E-state index contributed by atoms with van der Waals surface area (Å²) in [6.45, 7) is 6.12. The number of carboxylic acids is 1. The summed E-state index contributed by atoms with van der Waals surface area (Å²) in [5, 5.41) is 11.2. The molecule has 2 amide bonds. The number of carbonyl (C=O) groups excluding carboxylic acids is 3. The van der Waals surface area contributed by atoms with Crippen LogP contribution in [0.5, 0.6) is 0 Å². The Labute approximate surface area is 191 Å². The third-order valence-corrected chi connectivity index (χ3v) is 6.85. The van der Waals surface area contributed by atoms with Gasteiger partial charge in [0.15, 0.2) is 0 Å². The van der Waals surface area contributed by atoms with Gasteiger partial charge in [0.25, 0.3) is 5.91 Å². The molecule has 1 N–H and O–H groups in total. The Kier molecular flexibility index (Phi) is 7.99. The lowest BCUT2D eigenvalue weighted by Gasteiger charge is -2.40. The fourth-order valence-electron chi connectivity index (χ4n) is 4.84. The van der Waals surface area contributed by atoms with Gasteiger partial charge in [-0.1, -0.05) is 0 Å². The molecule has 0 radical (unpaired) electrons. The number of nitrogens with zero attached hydrogens (tertiary/aromatic N) is 2. The van der Waals surface area contributed by atoms with Crippen LogP contribution >= 0.6 is 0 Å². The number of aliphatic carboxylic acids is 1. The number of piperidine rings is 1. The Balaban J connectivity index is 1.62. The van der Waals surface area contributed by atoms with E-state index in [2.05, 4.69) is 0 Å². The lowest BCUT2D eigenvalue weighted by atomic mass is 9.81. The number of amides is 2. The van der Waals surface area contributed by atoms with Crippen LogP contribution in [0.25, 0.3) is 0 Å². The van der Waals surface area contributed by atoms with Crippen LogP contribution in [0.1, 0.15) is 42.1 Å². The molecule has 2 aliphatic heterocycles. The van der Waals surface area contributed by atoms with Crippen molar-refractivity contribution in [1.82, 2.24) is 9.80 Å². The number of rotatable bonds is 6. The lowest BCUT2D eigenvalue weighted by molar-refractivity contribution is -0.904. The third-order valence-electron chi connectivity index (χ3n) is 6.85. The SMILES string of the molecule is CC(=O)N1CC[NH+](CC[C@H]2CN(C(=O)c3ccc(C(F)(F)F)cc3)CC[C@H]2CC(=O)[O-])CC1. The molecule has 2 fully saturated rings. The van der Waals surface area contributed by atoms with E-state index in [4.69, 9.17) is 0 Å². The summed E-state index contributed by atoms with van der Waals surface area (Å²) in [6.07, 6.45) is -3.29. The molecule has 2 heterocycles. The molecule has 0 bridgehead atoms. The average molecular weight is 470 g/mol. The number of hydrogen-bond acceptors (Lipinski definition) is 4. The normalized spacial score (nSPS) is 22.3. The van der Waals surface area contributed by atoms with Gasteiger partial charge in [0.1, 0.15) is 0 Å². The molecule has 0 spiro atoms. The highest BCUT2D eigenvalue weighted by Crippen LogP contribution is 2.31. The predicted octanol–water partition coefficient (Wildman–Crippen LogP) is 0.0608. The Hall–Kier alpha value is -2.62. The van der Waals surface area contributed by atoms with Crippen molar-refractivity contribution in [3.05, 3.63) is 35.4 Å². The molecule has 182 valence electrons. The molecule has 1 aromatic rings. The highest BCUT2D eigenvalue weighted by molar-refractivity contribution is 5.94. The van der Waals surface area contributed by atoms with Gasteiger partial charge >= 0.3 is 6.18 Å². The molecule has 0 aromatic heterocycles. The van der Waals surface area contributed by atoms with Gasteiger partial charge in [-0.25, -0.2) is 0 Å². The zero-order chi connectivity index (χ0) is 24.2. The van der Waals surface area contributed by atoms with Crippen LogP contribution in [0.15, 0.2) is 24.3 Å². The summed E-state index contributed by atoms with van der Waals surface area (Å²) >= 11 is 0. The number of carbonyl (C=O) groups is 3. The van der Waals surface area contributed by atoms with Crippen LogP contribution < -0.4 is 10.0 Å². The first-order valence-electron chi connectivity index (χ1n) is 11.3. The zero-order valence-corrected chi connectivity index (χ0v) is 18.7. The quantitative estimate of drug-likeness (QED) is 0.639. The first-order valence-corrected chi connectivity index (χ1v) is 11.3. The van der Waals surface area contributed by atoms with E-state index in [0.717, 1.165) is 38.2 Å². The minimum atomic E-state index is -4.46. The lowest BCUT2D eigenvalue weighted by Crippen LogP contribution is -3.14. The Bertz CT molecular complexity index is 852. The Morgan fingerprint density at radius 2 is 1.67 bits per heavy atom. The van der Waals surface area contributed by atoms with Gasteiger partial charge in [0.05, 0.1) is 38.3 Å². The van der Waals surface area contributed by atoms with Crippen molar-refractivity contribution >= 4 is 17.8 Å². The van der Waals surface area contributed by atoms with Crippen LogP contribution in [0, 0.1) is 11.8 Å². The van der Waals surface area contributed by atoms with Crippen molar-refractivity contribution in [3.8, 4) is 0 Å². The van der Waals surface area contributed by atoms with E-state index in [0.29, 0.717) is 32.6 Å². The van der Waals surface area contributed by atoms with Crippen molar-refractivity contribution in [3.63, 3.8) is 0 Å². The first kappa shape index (κ1) is 25.0. The molecule has 3 rings (SSSR count). The minimum absolute atomic E-state index is 0.0339. The van der Waals surface area contributed by atoms with Crippen LogP contribution in [0.4, 0.5) is 13.2 Å². The van der Waals surface area contributed by atoms with Crippen LogP contribution in [0.3, 0.4) is 0 Å². The van der Waals surface area contributed by atoms with Gasteiger partial charge in [-0.3, -0.25) is 9.59 Å². The number of benzene rings is 1. The molecule has 2 atom stereocenters. The van der Waals surface area contributed by atoms with Crippen LogP contribution in [0.2, 0.25) is 0 Å². The molecule has 2 aliphatic rings. The van der Waals surface area contributed by atoms with Gasteiger partial charge < -0.3 is 24.6 Å². The van der Waals surface area contributed by atoms with Crippen molar-refractivity contribution < 1.29 is 37.6 Å². The van der Waals surface area contributed by atoms with Crippen molar-refractivity contribution in [1.29, 1.82) is 0 Å². The number of piperazine rings is 1. The summed E-state index contributed by atoms with van der Waals surface area (Å²) in [7, 11) is 0. The van der Waals surface area contributed by atoms with Crippen molar-refractivity contribution in [2.24, 2.45) is 11.8 Å². The van der Waals surface area contributed by atoms with E-state index in [1.54, 1.807) is 11.8 Å². The maximum Gasteiger partial charge on any atom is 0.416 e. The Morgan fingerprint density at radius 3 is 2.21 bits per heavy atom. The van der Waals surface area contributed by atoms with E-state index in [1.165, 1.54) is 17.0 Å². The highest BCUT2D eigenvalue weighted by atomic mass is 19.4. The fourth-order valence-corrected chi connectivity index (χ4v) is 4.84. The molecule has 33 heavy (non-hydrogen) atoms. The largest absolute Gasteiger partial charge is 0.550 e. The maximum absolute atomic E-state index is 12.9. The van der Waals surface area contributed by atoms with E-state index in [-0.39, 0.29) is 35.6 Å². The summed E-state index contributed by atoms with van der Waals surface area (Å²) in [6, 6.07) is 4.17. The summed E-state index contributed by atoms with van der Waals surface area (Å²) in [5.41, 5.74) is -0.622. The minimum Gasteiger partial charge on any atom is -0.550 e. The molecule has 0 saturated carbocycles. The maximum atomic E-state index is 12.9. The van der Waals surface area contributed by atoms with Crippen molar-refractivity contribution in [2.45, 2.75) is 32.4 Å². The highest BCUT2D eigenvalue weighted by Gasteiger charge is 2.34. The second-order valence-electron chi connectivity index (χ2n) is 9.01. The molecule has 2 saturated heterocycles. The van der Waals surface area contributed by atoms with E-state index < -0.39 is 17.7 Å². The smallest absolute Gasteiger partial charge is 0.416 e. The fraction of sp³-hybridized carbons (Fsp3) is 0.609. The van der Waals surface area contributed by atoms with E-state index in [1.807, 2.05) is 4.90 Å². The molecule has 1 aromatic carbocycles. The molecule has 7 nitrogen and oxygen atoms in total. The number of likely N-dealkylation sites (tertiary alicyclic amines) is 1. The van der Waals surface area contributed by atoms with Crippen molar-refractivity contribution in [2.75, 3.05) is 45.8 Å². The first-order chi connectivity index (χ1) is 15.5. The summed E-state index contributed by atoms with van der Waals surface area (Å²) in [5.74, 6) is -1.54. The van der Waals surface area contributed by atoms with Gasteiger partial charge in [-0.2, -0.15) is 13.2 Å². The van der Waals surface area contributed by atoms with Gasteiger partial charge in [0, 0.05) is 38.0 Å². The molecular weight excluding hydrogens is 439 g/mol. The number of halogens is 3. The topological polar surface area (TPSA) is 85.2 Å². The number of alkyl halides is 3. The second-order valence-corrected chi connectivity index (χ2v) is 9.01. The number of quaternary nitrogens is 1. The third kappa shape index (κ3) is 6.69. The van der Waals surface area contributed by atoms with Gasteiger partial charge in [0.2, 0.25) is 5.91 Å². The van der Waals surface area contributed by atoms with E-state index >= 15 is 0 Å².